The zero-order chi connectivity index (χ0) is 18.4. The lowest BCUT2D eigenvalue weighted by Crippen LogP contribution is -2.50. The maximum absolute atomic E-state index is 13.7. The molecule has 2 fully saturated rings. The molecule has 0 unspecified atom stereocenters. The first-order valence-electron chi connectivity index (χ1n) is 10.1. The second-order valence-electron chi connectivity index (χ2n) is 7.50. The van der Waals surface area contributed by atoms with Crippen LogP contribution in [0, 0.1) is 5.82 Å². The first-order valence-corrected chi connectivity index (χ1v) is 10.1. The molecule has 0 bridgehead atoms. The molecule has 2 aliphatic rings. The smallest absolute Gasteiger partial charge is 0.222 e. The fourth-order valence-corrected chi connectivity index (χ4v) is 4.05. The summed E-state index contributed by atoms with van der Waals surface area (Å²) < 4.78 is 19.6. The molecule has 4 nitrogen and oxygen atoms in total. The van der Waals surface area contributed by atoms with Gasteiger partial charge in [0, 0.05) is 38.6 Å². The minimum absolute atomic E-state index is 0.0962. The Bertz CT molecular complexity index is 579. The van der Waals surface area contributed by atoms with E-state index in [2.05, 4.69) is 11.8 Å². The summed E-state index contributed by atoms with van der Waals surface area (Å²) in [6.07, 6.45) is 6.86. The fourth-order valence-electron chi connectivity index (χ4n) is 4.05. The van der Waals surface area contributed by atoms with Gasteiger partial charge in [0.05, 0.1) is 0 Å². The molecule has 0 saturated carbocycles. The molecule has 1 aromatic rings. The molecule has 0 radical (unpaired) electrons. The van der Waals surface area contributed by atoms with Crippen LogP contribution in [0.3, 0.4) is 0 Å². The predicted molar refractivity (Wildman–Crippen MR) is 101 cm³/mol. The average Bonchev–Trinajstić information content (AvgIpc) is 2.68. The van der Waals surface area contributed by atoms with Gasteiger partial charge in [-0.1, -0.05) is 25.5 Å². The Hall–Kier alpha value is -1.62. The second-order valence-corrected chi connectivity index (χ2v) is 7.50. The summed E-state index contributed by atoms with van der Waals surface area (Å²) in [5.41, 5.74) is 0. The number of benzene rings is 1. The molecule has 2 saturated heterocycles. The highest BCUT2D eigenvalue weighted by Crippen LogP contribution is 2.25. The van der Waals surface area contributed by atoms with E-state index in [1.807, 2.05) is 11.0 Å². The number of para-hydroxylation sites is 1. The van der Waals surface area contributed by atoms with E-state index in [9.17, 15) is 9.18 Å². The number of amides is 1. The summed E-state index contributed by atoms with van der Waals surface area (Å²) in [7, 11) is 0. The van der Waals surface area contributed by atoms with Crippen molar-refractivity contribution < 1.29 is 13.9 Å². The van der Waals surface area contributed by atoms with Gasteiger partial charge in [-0.2, -0.15) is 0 Å². The normalized spacial score (nSPS) is 20.3. The fraction of sp³-hybridized carbons (Fsp3) is 0.667. The summed E-state index contributed by atoms with van der Waals surface area (Å²) in [4.78, 5) is 16.7. The van der Waals surface area contributed by atoms with Crippen molar-refractivity contribution in [1.82, 2.24) is 9.80 Å². The van der Waals surface area contributed by atoms with Crippen LogP contribution in [0.15, 0.2) is 24.3 Å². The van der Waals surface area contributed by atoms with Crippen molar-refractivity contribution in [1.29, 1.82) is 0 Å². The molecule has 1 amide bonds. The summed E-state index contributed by atoms with van der Waals surface area (Å²) >= 11 is 0. The van der Waals surface area contributed by atoms with Crippen molar-refractivity contribution >= 4 is 5.91 Å². The van der Waals surface area contributed by atoms with E-state index in [-0.39, 0.29) is 11.9 Å². The standard InChI is InChI=1S/C21H31FN2O2/c1-2-3-8-21(25)24-13-9-17(10-14-24)23-15-11-18(12-16-23)26-20-7-5-4-6-19(20)22/h4-7,17-18H,2-3,8-16H2,1H3. The number of hydrogen-bond acceptors (Lipinski definition) is 3. The van der Waals surface area contributed by atoms with Crippen molar-refractivity contribution in [2.24, 2.45) is 0 Å². The molecule has 2 heterocycles. The van der Waals surface area contributed by atoms with Crippen LogP contribution in [-0.4, -0.2) is 54.0 Å². The van der Waals surface area contributed by atoms with E-state index in [4.69, 9.17) is 4.74 Å². The Morgan fingerprint density at radius 2 is 1.81 bits per heavy atom. The van der Waals surface area contributed by atoms with E-state index in [1.165, 1.54) is 6.07 Å². The van der Waals surface area contributed by atoms with Crippen LogP contribution in [0.25, 0.3) is 0 Å². The molecule has 0 atom stereocenters. The number of unbranched alkanes of at least 4 members (excludes halogenated alkanes) is 1. The number of nitrogens with zero attached hydrogens (tertiary/aromatic N) is 2. The van der Waals surface area contributed by atoms with E-state index in [0.717, 1.165) is 64.7 Å². The minimum atomic E-state index is -0.282. The van der Waals surface area contributed by atoms with E-state index >= 15 is 0 Å². The number of halogens is 1. The van der Waals surface area contributed by atoms with Gasteiger partial charge in [-0.15, -0.1) is 0 Å². The van der Waals surface area contributed by atoms with Gasteiger partial charge >= 0.3 is 0 Å². The first-order chi connectivity index (χ1) is 12.7. The lowest BCUT2D eigenvalue weighted by Gasteiger charge is -2.41. The molecular formula is C21H31FN2O2. The van der Waals surface area contributed by atoms with Crippen molar-refractivity contribution in [3.8, 4) is 5.75 Å². The van der Waals surface area contributed by atoms with Gasteiger partial charge in [0.2, 0.25) is 5.91 Å². The molecule has 3 rings (SSSR count). The van der Waals surface area contributed by atoms with Crippen molar-refractivity contribution in [2.75, 3.05) is 26.2 Å². The largest absolute Gasteiger partial charge is 0.487 e. The monoisotopic (exact) mass is 362 g/mol. The summed E-state index contributed by atoms with van der Waals surface area (Å²) in [5.74, 6) is 0.405. The summed E-state index contributed by atoms with van der Waals surface area (Å²) in [5, 5.41) is 0. The van der Waals surface area contributed by atoms with Crippen LogP contribution < -0.4 is 4.74 Å². The van der Waals surface area contributed by atoms with Crippen LogP contribution in [0.2, 0.25) is 0 Å². The van der Waals surface area contributed by atoms with Crippen molar-refractivity contribution in [3.05, 3.63) is 30.1 Å². The highest BCUT2D eigenvalue weighted by molar-refractivity contribution is 5.76. The second kappa shape index (κ2) is 9.36. The summed E-state index contributed by atoms with van der Waals surface area (Å²) in [6, 6.07) is 7.21. The van der Waals surface area contributed by atoms with Crippen LogP contribution in [-0.2, 0) is 4.79 Å². The van der Waals surface area contributed by atoms with E-state index in [1.54, 1.807) is 12.1 Å². The van der Waals surface area contributed by atoms with Crippen molar-refractivity contribution in [2.45, 2.75) is 64.0 Å². The quantitative estimate of drug-likeness (QED) is 0.771. The zero-order valence-corrected chi connectivity index (χ0v) is 15.8. The number of hydrogen-bond donors (Lipinski definition) is 0. The van der Waals surface area contributed by atoms with Gasteiger partial charge in [-0.3, -0.25) is 9.69 Å². The Morgan fingerprint density at radius 1 is 1.12 bits per heavy atom. The Balaban J connectivity index is 1.40. The third kappa shape index (κ3) is 4.97. The molecule has 1 aromatic carbocycles. The molecule has 0 aromatic heterocycles. The van der Waals surface area contributed by atoms with E-state index in [0.29, 0.717) is 24.1 Å². The SMILES string of the molecule is CCCCC(=O)N1CCC(N2CCC(Oc3ccccc3F)CC2)CC1. The number of carbonyl (C=O) groups excluding carboxylic acids is 1. The molecule has 2 aliphatic heterocycles. The van der Waals surface area contributed by atoms with Crippen LogP contribution in [0.4, 0.5) is 4.39 Å². The number of rotatable bonds is 6. The molecule has 5 heteroatoms. The van der Waals surface area contributed by atoms with Crippen LogP contribution in [0.1, 0.15) is 51.9 Å². The van der Waals surface area contributed by atoms with Gasteiger partial charge < -0.3 is 9.64 Å². The van der Waals surface area contributed by atoms with E-state index < -0.39 is 0 Å². The third-order valence-electron chi connectivity index (χ3n) is 5.68. The molecule has 144 valence electrons. The zero-order valence-electron chi connectivity index (χ0n) is 15.8. The Morgan fingerprint density at radius 3 is 2.46 bits per heavy atom. The van der Waals surface area contributed by atoms with Crippen molar-refractivity contribution in [3.63, 3.8) is 0 Å². The van der Waals surface area contributed by atoms with Gasteiger partial charge in [-0.05, 0) is 44.2 Å². The molecule has 0 spiro atoms. The number of likely N-dealkylation sites (tertiary alicyclic amines) is 2. The predicted octanol–water partition coefficient (Wildman–Crippen LogP) is 3.85. The lowest BCUT2D eigenvalue weighted by atomic mass is 9.98. The highest BCUT2D eigenvalue weighted by Gasteiger charge is 2.30. The molecule has 0 aliphatic carbocycles. The topological polar surface area (TPSA) is 32.8 Å². The number of carbonyl (C=O) groups is 1. The maximum atomic E-state index is 13.7. The van der Waals surface area contributed by atoms with Gasteiger partial charge in [0.25, 0.3) is 0 Å². The molecular weight excluding hydrogens is 331 g/mol. The molecule has 26 heavy (non-hydrogen) atoms. The van der Waals surface area contributed by atoms with Crippen LogP contribution in [0.5, 0.6) is 5.75 Å². The van der Waals surface area contributed by atoms with Gasteiger partial charge in [-0.25, -0.2) is 4.39 Å². The van der Waals surface area contributed by atoms with Crippen LogP contribution >= 0.6 is 0 Å². The number of piperidine rings is 2. The first kappa shape index (κ1) is 19.2. The Kier molecular flexibility index (Phi) is 6.89. The average molecular weight is 362 g/mol. The third-order valence-corrected chi connectivity index (χ3v) is 5.68. The number of ether oxygens (including phenoxy) is 1. The maximum Gasteiger partial charge on any atom is 0.222 e. The van der Waals surface area contributed by atoms with Gasteiger partial charge in [0.15, 0.2) is 11.6 Å². The summed E-state index contributed by atoms with van der Waals surface area (Å²) in [6.45, 7) is 5.89. The van der Waals surface area contributed by atoms with Gasteiger partial charge in [0.1, 0.15) is 6.10 Å². The lowest BCUT2D eigenvalue weighted by molar-refractivity contribution is -0.133. The molecule has 0 N–H and O–H groups in total. The highest BCUT2D eigenvalue weighted by atomic mass is 19.1. The Labute approximate surface area is 156 Å². The minimum Gasteiger partial charge on any atom is -0.487 e.